The molecule has 1 atom stereocenters. The van der Waals surface area contributed by atoms with Crippen LogP contribution in [0, 0.1) is 11.3 Å². The Labute approximate surface area is 215 Å². The molecule has 2 heterocycles. The predicted molar refractivity (Wildman–Crippen MR) is 139 cm³/mol. The molecule has 36 heavy (non-hydrogen) atoms. The number of hydrogen-bond donors (Lipinski definition) is 1. The van der Waals surface area contributed by atoms with E-state index in [0.29, 0.717) is 43.2 Å². The maximum atomic E-state index is 13.7. The number of nitrogens with one attached hydrogen (secondary N) is 1. The summed E-state index contributed by atoms with van der Waals surface area (Å²) in [6.07, 6.45) is 4.24. The zero-order chi connectivity index (χ0) is 24.9. The van der Waals surface area contributed by atoms with Crippen LogP contribution in [0.3, 0.4) is 0 Å². The van der Waals surface area contributed by atoms with Crippen LogP contribution in [-0.4, -0.2) is 26.4 Å². The highest BCUT2D eigenvalue weighted by Crippen LogP contribution is 2.24. The van der Waals surface area contributed by atoms with Gasteiger partial charge in [0.15, 0.2) is 0 Å². The monoisotopic (exact) mass is 495 g/mol. The minimum Gasteiger partial charge on any atom is -0.333 e. The number of fused-ring (bicyclic) bond motifs is 1. The van der Waals surface area contributed by atoms with Gasteiger partial charge in [-0.15, -0.1) is 0 Å². The van der Waals surface area contributed by atoms with E-state index in [0.717, 1.165) is 22.4 Å². The van der Waals surface area contributed by atoms with Gasteiger partial charge in [-0.3, -0.25) is 10.1 Å². The fraction of sp³-hybridized carbons (Fsp3) is 0.207. The van der Waals surface area contributed by atoms with Gasteiger partial charge in [0.2, 0.25) is 5.91 Å². The largest absolute Gasteiger partial charge is 0.333 e. The Balaban J connectivity index is 1.33. The molecule has 0 bridgehead atoms. The van der Waals surface area contributed by atoms with E-state index in [1.807, 2.05) is 71.8 Å². The molecular weight excluding hydrogens is 470 g/mol. The van der Waals surface area contributed by atoms with Crippen molar-refractivity contribution in [1.82, 2.24) is 19.8 Å². The summed E-state index contributed by atoms with van der Waals surface area (Å²) in [5, 5.41) is 13.2. The molecular formula is C29H26ClN5O. The number of nitrogens with zero attached hydrogens (tertiary/aromatic N) is 4. The zero-order valence-corrected chi connectivity index (χ0v) is 20.5. The van der Waals surface area contributed by atoms with Gasteiger partial charge in [-0.1, -0.05) is 66.2 Å². The molecule has 0 spiro atoms. The standard InChI is InChI=1S/C29H26ClN5O/c30-27-8-4-3-7-25(27)19-34-18-24-6-2-1-5-23(24)13-28(29(34)36)33-16-26-15-32-20-35(26)17-22-11-9-21(14-31)10-12-22/h1-12,15,20,28,33H,13,16-19H2. The summed E-state index contributed by atoms with van der Waals surface area (Å²) >= 11 is 6.42. The molecule has 180 valence electrons. The Hall–Kier alpha value is -3.92. The molecule has 6 nitrogen and oxygen atoms in total. The molecule has 1 aromatic heterocycles. The third kappa shape index (κ3) is 5.33. The first-order chi connectivity index (χ1) is 17.6. The molecule has 3 aromatic carbocycles. The number of carbonyl (C=O) groups excluding carboxylic acids is 1. The molecule has 0 saturated carbocycles. The van der Waals surface area contributed by atoms with E-state index in [1.165, 1.54) is 5.56 Å². The number of benzene rings is 3. The summed E-state index contributed by atoms with van der Waals surface area (Å²) in [4.78, 5) is 19.9. The number of amides is 1. The van der Waals surface area contributed by atoms with Crippen LogP contribution in [0.5, 0.6) is 0 Å². The molecule has 5 rings (SSSR count). The van der Waals surface area contributed by atoms with Crippen molar-refractivity contribution in [2.45, 2.75) is 38.6 Å². The van der Waals surface area contributed by atoms with Crippen molar-refractivity contribution >= 4 is 17.5 Å². The van der Waals surface area contributed by atoms with Crippen LogP contribution < -0.4 is 5.32 Å². The smallest absolute Gasteiger partial charge is 0.240 e. The molecule has 1 aliphatic rings. The molecule has 4 aromatic rings. The van der Waals surface area contributed by atoms with Crippen molar-refractivity contribution in [3.05, 3.63) is 124 Å². The third-order valence-corrected chi connectivity index (χ3v) is 6.97. The van der Waals surface area contributed by atoms with E-state index in [1.54, 1.807) is 6.33 Å². The average molecular weight is 496 g/mol. The maximum absolute atomic E-state index is 13.7. The van der Waals surface area contributed by atoms with Crippen molar-refractivity contribution < 1.29 is 4.79 Å². The Morgan fingerprint density at radius 3 is 2.53 bits per heavy atom. The quantitative estimate of drug-likeness (QED) is 0.403. The summed E-state index contributed by atoms with van der Waals surface area (Å²) in [5.74, 6) is 0.0595. The number of halogens is 1. The molecule has 1 aliphatic heterocycles. The van der Waals surface area contributed by atoms with Gasteiger partial charge >= 0.3 is 0 Å². The normalized spacial score (nSPS) is 15.3. The van der Waals surface area contributed by atoms with Crippen molar-refractivity contribution in [1.29, 1.82) is 5.26 Å². The Morgan fingerprint density at radius 1 is 1.00 bits per heavy atom. The highest BCUT2D eigenvalue weighted by molar-refractivity contribution is 6.31. The lowest BCUT2D eigenvalue weighted by Crippen LogP contribution is -2.45. The molecule has 0 fully saturated rings. The van der Waals surface area contributed by atoms with Gasteiger partial charge in [0.25, 0.3) is 0 Å². The second-order valence-electron chi connectivity index (χ2n) is 9.01. The first kappa shape index (κ1) is 23.8. The highest BCUT2D eigenvalue weighted by atomic mass is 35.5. The Bertz CT molecular complexity index is 1410. The molecule has 1 amide bonds. The fourth-order valence-electron chi connectivity index (χ4n) is 4.59. The molecule has 1 N–H and O–H groups in total. The minimum absolute atomic E-state index is 0.0595. The average Bonchev–Trinajstić information content (AvgIpc) is 3.29. The molecule has 0 aliphatic carbocycles. The van der Waals surface area contributed by atoms with Crippen LogP contribution in [-0.2, 0) is 37.4 Å². The van der Waals surface area contributed by atoms with Crippen molar-refractivity contribution in [3.8, 4) is 6.07 Å². The third-order valence-electron chi connectivity index (χ3n) is 6.60. The number of imidazole rings is 1. The summed E-state index contributed by atoms with van der Waals surface area (Å²) in [7, 11) is 0. The van der Waals surface area contributed by atoms with Gasteiger partial charge in [-0.05, 0) is 46.9 Å². The Kier molecular flexibility index (Phi) is 7.13. The summed E-state index contributed by atoms with van der Waals surface area (Å²) in [5.41, 5.74) is 5.98. The first-order valence-electron chi connectivity index (χ1n) is 11.9. The van der Waals surface area contributed by atoms with E-state index in [-0.39, 0.29) is 11.9 Å². The fourth-order valence-corrected chi connectivity index (χ4v) is 4.79. The SMILES string of the molecule is N#Cc1ccc(Cn2cncc2CNC2Cc3ccccc3CN(Cc3ccccc3Cl)C2=O)cc1. The van der Waals surface area contributed by atoms with Crippen LogP contribution >= 0.6 is 11.6 Å². The van der Waals surface area contributed by atoms with E-state index < -0.39 is 0 Å². The number of nitriles is 1. The lowest BCUT2D eigenvalue weighted by Gasteiger charge is -2.26. The van der Waals surface area contributed by atoms with E-state index in [4.69, 9.17) is 16.9 Å². The first-order valence-corrected chi connectivity index (χ1v) is 12.3. The maximum Gasteiger partial charge on any atom is 0.240 e. The van der Waals surface area contributed by atoms with Gasteiger partial charge in [-0.25, -0.2) is 4.98 Å². The van der Waals surface area contributed by atoms with Crippen molar-refractivity contribution in [2.24, 2.45) is 0 Å². The minimum atomic E-state index is -0.366. The number of rotatable bonds is 7. The lowest BCUT2D eigenvalue weighted by molar-refractivity contribution is -0.134. The van der Waals surface area contributed by atoms with Gasteiger partial charge in [0.1, 0.15) is 0 Å². The highest BCUT2D eigenvalue weighted by Gasteiger charge is 2.29. The van der Waals surface area contributed by atoms with Crippen LogP contribution in [0.2, 0.25) is 5.02 Å². The summed E-state index contributed by atoms with van der Waals surface area (Å²) in [6.45, 7) is 2.16. The van der Waals surface area contributed by atoms with Gasteiger partial charge in [0.05, 0.1) is 29.7 Å². The van der Waals surface area contributed by atoms with Crippen LogP contribution in [0.15, 0.2) is 85.3 Å². The van der Waals surface area contributed by atoms with Crippen molar-refractivity contribution in [3.63, 3.8) is 0 Å². The van der Waals surface area contributed by atoms with E-state index in [9.17, 15) is 4.79 Å². The topological polar surface area (TPSA) is 74.0 Å². The van der Waals surface area contributed by atoms with Crippen LogP contribution in [0.25, 0.3) is 0 Å². The van der Waals surface area contributed by atoms with Gasteiger partial charge in [0, 0.05) is 37.4 Å². The van der Waals surface area contributed by atoms with Crippen molar-refractivity contribution in [2.75, 3.05) is 0 Å². The van der Waals surface area contributed by atoms with Crippen LogP contribution in [0.4, 0.5) is 0 Å². The Morgan fingerprint density at radius 2 is 1.75 bits per heavy atom. The van der Waals surface area contributed by atoms with E-state index in [2.05, 4.69) is 33.1 Å². The zero-order valence-electron chi connectivity index (χ0n) is 19.8. The second kappa shape index (κ2) is 10.8. The summed E-state index contributed by atoms with van der Waals surface area (Å²) in [6, 6.07) is 25.2. The van der Waals surface area contributed by atoms with Gasteiger partial charge in [-0.2, -0.15) is 5.26 Å². The van der Waals surface area contributed by atoms with Gasteiger partial charge < -0.3 is 9.47 Å². The second-order valence-corrected chi connectivity index (χ2v) is 9.42. The van der Waals surface area contributed by atoms with Crippen LogP contribution in [0.1, 0.15) is 33.5 Å². The molecule has 0 radical (unpaired) electrons. The number of hydrogen-bond acceptors (Lipinski definition) is 4. The predicted octanol–water partition coefficient (Wildman–Crippen LogP) is 4.70. The number of aromatic nitrogens is 2. The number of carbonyl (C=O) groups is 1. The van der Waals surface area contributed by atoms with E-state index >= 15 is 0 Å². The summed E-state index contributed by atoms with van der Waals surface area (Å²) < 4.78 is 2.06. The molecule has 0 saturated heterocycles. The molecule has 1 unspecified atom stereocenters. The lowest BCUT2D eigenvalue weighted by atomic mass is 10.0. The molecule has 7 heteroatoms.